The average molecular weight is 542 g/mol. The number of benzene rings is 3. The van der Waals surface area contributed by atoms with Crippen molar-refractivity contribution in [2.24, 2.45) is 0 Å². The second-order valence-corrected chi connectivity index (χ2v) is 12.8. The number of nitrogens with zero attached hydrogens (tertiary/aromatic N) is 3. The molecule has 202 valence electrons. The van der Waals surface area contributed by atoms with E-state index in [0.717, 1.165) is 28.2 Å². The van der Waals surface area contributed by atoms with E-state index in [9.17, 15) is 14.7 Å². The van der Waals surface area contributed by atoms with Crippen LogP contribution in [0.15, 0.2) is 77.7 Å². The molecular weight excluding hydrogens is 506 g/mol. The Morgan fingerprint density at radius 2 is 1.49 bits per heavy atom. The summed E-state index contributed by atoms with van der Waals surface area (Å²) in [6.45, 7) is 11.0. The summed E-state index contributed by atoms with van der Waals surface area (Å²) in [7, 11) is 3.47. The Bertz CT molecular complexity index is 1500. The molecule has 0 atom stereocenters. The van der Waals surface area contributed by atoms with E-state index >= 15 is 0 Å². The van der Waals surface area contributed by atoms with Crippen molar-refractivity contribution < 1.29 is 14.7 Å². The van der Waals surface area contributed by atoms with Crippen molar-refractivity contribution in [2.45, 2.75) is 50.2 Å². The van der Waals surface area contributed by atoms with Crippen molar-refractivity contribution in [1.29, 1.82) is 0 Å². The third kappa shape index (κ3) is 6.42. The fourth-order valence-corrected chi connectivity index (χ4v) is 5.17. The molecule has 1 N–H and O–H groups in total. The predicted molar refractivity (Wildman–Crippen MR) is 159 cm³/mol. The molecule has 3 aromatic carbocycles. The van der Waals surface area contributed by atoms with Crippen molar-refractivity contribution in [3.8, 4) is 28.2 Å². The molecular formula is C32H35N3O3S. The first kappa shape index (κ1) is 28.2. The second kappa shape index (κ2) is 11.1. The Labute approximate surface area is 234 Å². The summed E-state index contributed by atoms with van der Waals surface area (Å²) in [5, 5.41) is 14.7. The molecule has 0 saturated heterocycles. The summed E-state index contributed by atoms with van der Waals surface area (Å²) >= 11 is 1.83. The Morgan fingerprint density at radius 3 is 2.03 bits per heavy atom. The van der Waals surface area contributed by atoms with E-state index in [1.807, 2.05) is 46.8 Å². The smallest absolute Gasteiger partial charge is 0.335 e. The first-order valence-corrected chi connectivity index (χ1v) is 13.8. The highest BCUT2D eigenvalue weighted by Gasteiger charge is 2.20. The molecule has 4 aromatic rings. The van der Waals surface area contributed by atoms with E-state index in [1.165, 1.54) is 10.5 Å². The molecule has 0 unspecified atom stereocenters. The van der Waals surface area contributed by atoms with Gasteiger partial charge in [0.15, 0.2) is 0 Å². The highest BCUT2D eigenvalue weighted by Crippen LogP contribution is 2.36. The lowest BCUT2D eigenvalue weighted by molar-refractivity contribution is 0.0696. The third-order valence-electron chi connectivity index (χ3n) is 6.34. The molecule has 0 aliphatic rings. The van der Waals surface area contributed by atoms with Crippen LogP contribution in [0, 0.1) is 0 Å². The third-order valence-corrected chi connectivity index (χ3v) is 7.32. The quantitative estimate of drug-likeness (QED) is 0.247. The van der Waals surface area contributed by atoms with Crippen molar-refractivity contribution >= 4 is 23.6 Å². The van der Waals surface area contributed by atoms with Gasteiger partial charge in [-0.2, -0.15) is 5.10 Å². The first-order valence-electron chi connectivity index (χ1n) is 12.9. The van der Waals surface area contributed by atoms with E-state index in [4.69, 9.17) is 5.10 Å². The molecule has 7 heteroatoms. The molecule has 0 spiro atoms. The fraction of sp³-hybridized carbons (Fsp3) is 0.281. The molecule has 0 aliphatic carbocycles. The number of carbonyl (C=O) groups excluding carboxylic acids is 1. The van der Waals surface area contributed by atoms with Crippen LogP contribution in [0.2, 0.25) is 0 Å². The highest BCUT2D eigenvalue weighted by molar-refractivity contribution is 7.99. The summed E-state index contributed by atoms with van der Waals surface area (Å²) in [5.41, 5.74) is 6.35. The molecule has 39 heavy (non-hydrogen) atoms. The molecule has 0 aliphatic heterocycles. The van der Waals surface area contributed by atoms with Crippen LogP contribution in [-0.4, -0.2) is 51.0 Å². The number of aromatic carboxylic acids is 1. The van der Waals surface area contributed by atoms with Gasteiger partial charge in [0.1, 0.15) is 0 Å². The monoisotopic (exact) mass is 541 g/mol. The number of amides is 1. The maximum absolute atomic E-state index is 12.5. The maximum atomic E-state index is 12.5. The molecule has 1 heterocycles. The number of hydrogen-bond acceptors (Lipinski definition) is 4. The largest absolute Gasteiger partial charge is 0.478 e. The van der Waals surface area contributed by atoms with Crippen molar-refractivity contribution in [1.82, 2.24) is 14.7 Å². The molecule has 4 rings (SSSR count). The second-order valence-electron chi connectivity index (χ2n) is 11.1. The SMILES string of the molecule is CC(C)Sc1cc(-c2cc(-c3ccc(C(=O)O)cc3)nn2-c2ccc(C(=O)N(C)C)cc2)cc(C(C)(C)C)c1. The first-order chi connectivity index (χ1) is 18.3. The minimum absolute atomic E-state index is 0.0448. The lowest BCUT2D eigenvalue weighted by Crippen LogP contribution is -2.21. The zero-order valence-corrected chi connectivity index (χ0v) is 24.3. The van der Waals surface area contributed by atoms with Crippen LogP contribution < -0.4 is 0 Å². The lowest BCUT2D eigenvalue weighted by atomic mass is 9.86. The minimum Gasteiger partial charge on any atom is -0.478 e. The van der Waals surface area contributed by atoms with Crippen LogP contribution in [0.5, 0.6) is 0 Å². The Kier molecular flexibility index (Phi) is 8.02. The summed E-state index contributed by atoms with van der Waals surface area (Å²) < 4.78 is 1.90. The van der Waals surface area contributed by atoms with Crippen LogP contribution in [-0.2, 0) is 5.41 Å². The van der Waals surface area contributed by atoms with Crippen LogP contribution in [0.3, 0.4) is 0 Å². The Morgan fingerprint density at radius 1 is 0.872 bits per heavy atom. The van der Waals surface area contributed by atoms with Gasteiger partial charge in [0.25, 0.3) is 5.91 Å². The van der Waals surface area contributed by atoms with Gasteiger partial charge < -0.3 is 10.0 Å². The van der Waals surface area contributed by atoms with Gasteiger partial charge in [0, 0.05) is 40.9 Å². The van der Waals surface area contributed by atoms with Gasteiger partial charge in [-0.25, -0.2) is 9.48 Å². The molecule has 0 bridgehead atoms. The van der Waals surface area contributed by atoms with Crippen molar-refractivity contribution in [3.05, 3.63) is 89.5 Å². The van der Waals surface area contributed by atoms with Gasteiger partial charge in [-0.3, -0.25) is 4.79 Å². The molecule has 1 aromatic heterocycles. The number of aromatic nitrogens is 2. The molecule has 0 radical (unpaired) electrons. The van der Waals surface area contributed by atoms with Crippen LogP contribution in [0.1, 0.15) is 60.9 Å². The average Bonchev–Trinajstić information content (AvgIpc) is 3.33. The van der Waals surface area contributed by atoms with E-state index in [0.29, 0.717) is 10.8 Å². The van der Waals surface area contributed by atoms with Gasteiger partial charge in [0.05, 0.1) is 22.6 Å². The van der Waals surface area contributed by atoms with Crippen LogP contribution >= 0.6 is 11.8 Å². The Balaban J connectivity index is 1.90. The number of carbonyl (C=O) groups is 2. The van der Waals surface area contributed by atoms with Crippen LogP contribution in [0.4, 0.5) is 0 Å². The number of carboxylic acid groups (broad SMARTS) is 1. The van der Waals surface area contributed by atoms with Gasteiger partial charge in [0.2, 0.25) is 0 Å². The predicted octanol–water partition coefficient (Wildman–Crippen LogP) is 7.40. The standard InChI is InChI=1S/C32H35N3O3S/c1-20(2)39-27-17-24(16-25(18-27)32(3,4)5)29-19-28(21-8-10-23(11-9-21)31(37)38)33-35(29)26-14-12-22(13-15-26)30(36)34(6)7/h8-20H,1-7H3,(H,37,38). The van der Waals surface area contributed by atoms with E-state index in [1.54, 1.807) is 43.3 Å². The van der Waals surface area contributed by atoms with Gasteiger partial charge in [-0.1, -0.05) is 46.8 Å². The lowest BCUT2D eigenvalue weighted by Gasteiger charge is -2.22. The minimum atomic E-state index is -0.964. The fourth-order valence-electron chi connectivity index (χ4n) is 4.23. The molecule has 0 fully saturated rings. The zero-order chi connectivity index (χ0) is 28.5. The molecule has 6 nitrogen and oxygen atoms in total. The number of hydrogen-bond donors (Lipinski definition) is 1. The number of carboxylic acids is 1. The molecule has 0 saturated carbocycles. The summed E-state index contributed by atoms with van der Waals surface area (Å²) in [4.78, 5) is 26.6. The molecule has 1 amide bonds. The van der Waals surface area contributed by atoms with Crippen LogP contribution in [0.25, 0.3) is 28.2 Å². The number of thioether (sulfide) groups is 1. The van der Waals surface area contributed by atoms with E-state index in [-0.39, 0.29) is 16.9 Å². The normalized spacial score (nSPS) is 11.6. The van der Waals surface area contributed by atoms with Gasteiger partial charge in [-0.15, -0.1) is 11.8 Å². The van der Waals surface area contributed by atoms with Crippen molar-refractivity contribution in [3.63, 3.8) is 0 Å². The highest BCUT2D eigenvalue weighted by atomic mass is 32.2. The topological polar surface area (TPSA) is 75.4 Å². The summed E-state index contributed by atoms with van der Waals surface area (Å²) in [6.07, 6.45) is 0. The van der Waals surface area contributed by atoms with Crippen molar-refractivity contribution in [2.75, 3.05) is 14.1 Å². The van der Waals surface area contributed by atoms with E-state index in [2.05, 4.69) is 52.8 Å². The number of rotatable bonds is 7. The summed E-state index contributed by atoms with van der Waals surface area (Å²) in [6, 6.07) is 22.9. The maximum Gasteiger partial charge on any atom is 0.335 e. The van der Waals surface area contributed by atoms with E-state index < -0.39 is 5.97 Å². The summed E-state index contributed by atoms with van der Waals surface area (Å²) in [5.74, 6) is -1.02. The van der Waals surface area contributed by atoms with Gasteiger partial charge in [-0.05, 0) is 71.6 Å². The zero-order valence-electron chi connectivity index (χ0n) is 23.5. The Hall–Kier alpha value is -3.84. The van der Waals surface area contributed by atoms with Gasteiger partial charge >= 0.3 is 5.97 Å².